The van der Waals surface area contributed by atoms with Crippen LogP contribution < -0.4 is 5.32 Å². The van der Waals surface area contributed by atoms with E-state index < -0.39 is 12.0 Å². The van der Waals surface area contributed by atoms with Gasteiger partial charge in [-0.1, -0.05) is 0 Å². The number of likely N-dealkylation sites (tertiary alicyclic amines) is 1. The lowest BCUT2D eigenvalue weighted by Crippen LogP contribution is -2.47. The van der Waals surface area contributed by atoms with Crippen LogP contribution in [0, 0.1) is 5.92 Å². The van der Waals surface area contributed by atoms with Gasteiger partial charge in [0.25, 0.3) is 0 Å². The highest BCUT2D eigenvalue weighted by molar-refractivity contribution is 7.98. The maximum absolute atomic E-state index is 12.0. The van der Waals surface area contributed by atoms with Gasteiger partial charge < -0.3 is 20.4 Å². The number of rotatable bonds is 7. The van der Waals surface area contributed by atoms with Crippen molar-refractivity contribution in [3.8, 4) is 0 Å². The predicted molar refractivity (Wildman–Crippen MR) is 74.3 cm³/mol. The summed E-state index contributed by atoms with van der Waals surface area (Å²) in [6, 6.07) is -1.13. The van der Waals surface area contributed by atoms with Gasteiger partial charge in [0, 0.05) is 19.7 Å². The zero-order valence-corrected chi connectivity index (χ0v) is 12.0. The van der Waals surface area contributed by atoms with Crippen molar-refractivity contribution in [2.75, 3.05) is 31.7 Å². The third-order valence-electron chi connectivity index (χ3n) is 3.32. The Balaban J connectivity index is 2.42. The minimum absolute atomic E-state index is 0.131. The number of nitrogens with zero attached hydrogens (tertiary/aromatic N) is 1. The van der Waals surface area contributed by atoms with Crippen LogP contribution in [0.1, 0.15) is 19.3 Å². The second-order valence-corrected chi connectivity index (χ2v) is 5.72. The molecule has 1 saturated heterocycles. The molecule has 6 nitrogen and oxygen atoms in total. The van der Waals surface area contributed by atoms with Gasteiger partial charge in [-0.25, -0.2) is 9.59 Å². The van der Waals surface area contributed by atoms with Crippen LogP contribution in [0.4, 0.5) is 4.79 Å². The minimum Gasteiger partial charge on any atom is -0.480 e. The normalized spacial score (nSPS) is 20.3. The molecule has 1 heterocycles. The Morgan fingerprint density at radius 2 is 2.26 bits per heavy atom. The quantitative estimate of drug-likeness (QED) is 0.639. The fourth-order valence-corrected chi connectivity index (χ4v) is 2.64. The number of urea groups is 1. The largest absolute Gasteiger partial charge is 0.480 e. The molecule has 0 bridgehead atoms. The first kappa shape index (κ1) is 16.1. The zero-order chi connectivity index (χ0) is 14.3. The van der Waals surface area contributed by atoms with Crippen LogP contribution in [-0.2, 0) is 4.79 Å². The number of nitrogens with one attached hydrogen (secondary N) is 1. The molecule has 0 radical (unpaired) electrons. The maximum Gasteiger partial charge on any atom is 0.326 e. The van der Waals surface area contributed by atoms with Crippen LogP contribution in [0.5, 0.6) is 0 Å². The molecule has 1 fully saturated rings. The Morgan fingerprint density at radius 1 is 1.53 bits per heavy atom. The van der Waals surface area contributed by atoms with Gasteiger partial charge in [0.15, 0.2) is 0 Å². The van der Waals surface area contributed by atoms with Gasteiger partial charge in [-0.2, -0.15) is 11.8 Å². The SMILES string of the molecule is CSCC[C@H](NC(=O)N1CCC(CCO)C1)C(=O)O. The van der Waals surface area contributed by atoms with E-state index in [9.17, 15) is 9.59 Å². The number of hydrogen-bond donors (Lipinski definition) is 3. The lowest BCUT2D eigenvalue weighted by Gasteiger charge is -2.21. The van der Waals surface area contributed by atoms with E-state index in [2.05, 4.69) is 5.32 Å². The third kappa shape index (κ3) is 5.28. The highest BCUT2D eigenvalue weighted by atomic mass is 32.2. The summed E-state index contributed by atoms with van der Waals surface area (Å²) in [5.74, 6) is 0.0310. The Kier molecular flexibility index (Phi) is 7.01. The summed E-state index contributed by atoms with van der Waals surface area (Å²) in [7, 11) is 0. The first-order valence-electron chi connectivity index (χ1n) is 6.46. The molecular formula is C12H22N2O4S. The average molecular weight is 290 g/mol. The van der Waals surface area contributed by atoms with Crippen LogP contribution in [0.3, 0.4) is 0 Å². The molecule has 0 aromatic carbocycles. The topological polar surface area (TPSA) is 89.9 Å². The van der Waals surface area contributed by atoms with Crippen molar-refractivity contribution >= 4 is 23.8 Å². The zero-order valence-electron chi connectivity index (χ0n) is 11.2. The molecule has 1 aliphatic heterocycles. The van der Waals surface area contributed by atoms with Gasteiger partial charge in [0.05, 0.1) is 0 Å². The van der Waals surface area contributed by atoms with Crippen LogP contribution in [-0.4, -0.2) is 64.9 Å². The van der Waals surface area contributed by atoms with E-state index in [4.69, 9.17) is 10.2 Å². The van der Waals surface area contributed by atoms with E-state index in [-0.39, 0.29) is 12.6 Å². The van der Waals surface area contributed by atoms with Gasteiger partial charge in [-0.3, -0.25) is 0 Å². The summed E-state index contributed by atoms with van der Waals surface area (Å²) in [5.41, 5.74) is 0. The Labute approximate surface area is 117 Å². The molecule has 0 saturated carbocycles. The van der Waals surface area contributed by atoms with E-state index in [1.807, 2.05) is 6.26 Å². The van der Waals surface area contributed by atoms with E-state index in [1.54, 1.807) is 16.7 Å². The lowest BCUT2D eigenvalue weighted by molar-refractivity contribution is -0.139. The second kappa shape index (κ2) is 8.27. The fourth-order valence-electron chi connectivity index (χ4n) is 2.17. The number of amides is 2. The summed E-state index contributed by atoms with van der Waals surface area (Å²) in [5, 5.41) is 20.5. The number of aliphatic hydroxyl groups is 1. The van der Waals surface area contributed by atoms with Gasteiger partial charge in [-0.05, 0) is 37.2 Å². The molecular weight excluding hydrogens is 268 g/mol. The summed E-state index contributed by atoms with van der Waals surface area (Å²) < 4.78 is 0. The number of carboxylic acids is 1. The molecule has 1 unspecified atom stereocenters. The van der Waals surface area contributed by atoms with Gasteiger partial charge in [0.2, 0.25) is 0 Å². The number of carbonyl (C=O) groups excluding carboxylic acids is 1. The Bertz CT molecular complexity index is 314. The highest BCUT2D eigenvalue weighted by Gasteiger charge is 2.28. The number of carbonyl (C=O) groups is 2. The first-order valence-corrected chi connectivity index (χ1v) is 7.86. The van der Waals surface area contributed by atoms with Crippen molar-refractivity contribution in [1.82, 2.24) is 10.2 Å². The molecule has 2 amide bonds. The van der Waals surface area contributed by atoms with Crippen LogP contribution in [0.2, 0.25) is 0 Å². The third-order valence-corrected chi connectivity index (χ3v) is 3.96. The summed E-state index contributed by atoms with van der Waals surface area (Å²) in [4.78, 5) is 24.6. The van der Waals surface area contributed by atoms with Crippen molar-refractivity contribution < 1.29 is 19.8 Å². The number of aliphatic carboxylic acids is 1. The smallest absolute Gasteiger partial charge is 0.326 e. The van der Waals surface area contributed by atoms with Crippen LogP contribution in [0.15, 0.2) is 0 Å². The molecule has 2 atom stereocenters. The molecule has 3 N–H and O–H groups in total. The van der Waals surface area contributed by atoms with Gasteiger partial charge >= 0.3 is 12.0 Å². The molecule has 0 aromatic heterocycles. The number of thioether (sulfide) groups is 1. The molecule has 0 aliphatic carbocycles. The number of carboxylic acid groups (broad SMARTS) is 1. The molecule has 7 heteroatoms. The summed E-state index contributed by atoms with van der Waals surface area (Å²) in [6.07, 6.45) is 3.89. The molecule has 110 valence electrons. The van der Waals surface area contributed by atoms with E-state index in [0.29, 0.717) is 37.6 Å². The van der Waals surface area contributed by atoms with Crippen LogP contribution >= 0.6 is 11.8 Å². The average Bonchev–Trinajstić information content (AvgIpc) is 2.83. The van der Waals surface area contributed by atoms with Crippen molar-refractivity contribution in [3.05, 3.63) is 0 Å². The monoisotopic (exact) mass is 290 g/mol. The molecule has 19 heavy (non-hydrogen) atoms. The first-order chi connectivity index (χ1) is 9.08. The highest BCUT2D eigenvalue weighted by Crippen LogP contribution is 2.19. The van der Waals surface area contributed by atoms with Gasteiger partial charge in [0.1, 0.15) is 6.04 Å². The molecule has 1 rings (SSSR count). The van der Waals surface area contributed by atoms with Crippen molar-refractivity contribution in [2.24, 2.45) is 5.92 Å². The summed E-state index contributed by atoms with van der Waals surface area (Å²) in [6.45, 7) is 1.36. The molecule has 0 spiro atoms. The van der Waals surface area contributed by atoms with E-state index in [0.717, 1.165) is 6.42 Å². The second-order valence-electron chi connectivity index (χ2n) is 4.73. The van der Waals surface area contributed by atoms with Crippen molar-refractivity contribution in [3.63, 3.8) is 0 Å². The predicted octanol–water partition coefficient (Wildman–Crippen LogP) is 0.607. The Hall–Kier alpha value is -0.950. The Morgan fingerprint density at radius 3 is 2.84 bits per heavy atom. The lowest BCUT2D eigenvalue weighted by atomic mass is 10.1. The minimum atomic E-state index is -0.992. The van der Waals surface area contributed by atoms with E-state index >= 15 is 0 Å². The van der Waals surface area contributed by atoms with Crippen LogP contribution in [0.25, 0.3) is 0 Å². The van der Waals surface area contributed by atoms with E-state index in [1.165, 1.54) is 0 Å². The maximum atomic E-state index is 12.0. The van der Waals surface area contributed by atoms with Crippen molar-refractivity contribution in [1.29, 1.82) is 0 Å². The fraction of sp³-hybridized carbons (Fsp3) is 0.833. The molecule has 0 aromatic rings. The summed E-state index contributed by atoms with van der Waals surface area (Å²) >= 11 is 1.56. The number of aliphatic hydroxyl groups excluding tert-OH is 1. The molecule has 1 aliphatic rings. The number of hydrogen-bond acceptors (Lipinski definition) is 4. The van der Waals surface area contributed by atoms with Crippen molar-refractivity contribution in [2.45, 2.75) is 25.3 Å². The van der Waals surface area contributed by atoms with Gasteiger partial charge in [-0.15, -0.1) is 0 Å². The standard InChI is InChI=1S/C12H22N2O4S/c1-19-7-4-10(11(16)17)13-12(18)14-5-2-9(8-14)3-6-15/h9-10,15H,2-8H2,1H3,(H,13,18)(H,16,17)/t9?,10-/m0/s1.